The van der Waals surface area contributed by atoms with Crippen molar-refractivity contribution in [3.63, 3.8) is 0 Å². The molecule has 1 N–H and O–H groups in total. The first-order chi connectivity index (χ1) is 18.3. The summed E-state index contributed by atoms with van der Waals surface area (Å²) in [6, 6.07) is 14.8. The first-order valence-electron chi connectivity index (χ1n) is 12.9. The summed E-state index contributed by atoms with van der Waals surface area (Å²) in [6.07, 6.45) is 2.91. The molecule has 0 aliphatic heterocycles. The van der Waals surface area contributed by atoms with Gasteiger partial charge in [0.2, 0.25) is 5.91 Å². The molecule has 3 aromatic rings. The minimum atomic E-state index is -0.292. The lowest BCUT2D eigenvalue weighted by molar-refractivity contribution is -0.133. The van der Waals surface area contributed by atoms with Crippen molar-refractivity contribution in [2.45, 2.75) is 53.1 Å². The van der Waals surface area contributed by atoms with Crippen molar-refractivity contribution in [2.75, 3.05) is 32.6 Å². The van der Waals surface area contributed by atoms with Gasteiger partial charge in [0.05, 0.1) is 27.0 Å². The first-order valence-corrected chi connectivity index (χ1v) is 12.9. The van der Waals surface area contributed by atoms with Gasteiger partial charge in [-0.05, 0) is 80.6 Å². The van der Waals surface area contributed by atoms with Crippen LogP contribution in [0.15, 0.2) is 59.2 Å². The van der Waals surface area contributed by atoms with Crippen molar-refractivity contribution in [1.82, 2.24) is 9.80 Å². The molecule has 1 atom stereocenters. The van der Waals surface area contributed by atoms with E-state index in [9.17, 15) is 9.59 Å². The maximum Gasteiger partial charge on any atom is 0.322 e. The van der Waals surface area contributed by atoms with E-state index in [1.54, 1.807) is 36.3 Å². The molecule has 1 aromatic heterocycles. The van der Waals surface area contributed by atoms with E-state index in [2.05, 4.69) is 5.32 Å². The lowest BCUT2D eigenvalue weighted by atomic mass is 10.1. The summed E-state index contributed by atoms with van der Waals surface area (Å²) in [6.45, 7) is 8.66. The molecule has 8 nitrogen and oxygen atoms in total. The first kappa shape index (κ1) is 28.6. The monoisotopic (exact) mass is 521 g/mol. The van der Waals surface area contributed by atoms with Crippen LogP contribution in [0.2, 0.25) is 0 Å². The zero-order valence-corrected chi connectivity index (χ0v) is 23.2. The van der Waals surface area contributed by atoms with Crippen LogP contribution in [0.5, 0.6) is 11.5 Å². The maximum absolute atomic E-state index is 13.6. The largest absolute Gasteiger partial charge is 0.493 e. The van der Waals surface area contributed by atoms with E-state index in [0.717, 1.165) is 28.8 Å². The zero-order valence-electron chi connectivity index (χ0n) is 23.2. The highest BCUT2D eigenvalue weighted by Gasteiger charge is 2.26. The molecule has 8 heteroatoms. The summed E-state index contributed by atoms with van der Waals surface area (Å²) < 4.78 is 16.3. The fourth-order valence-corrected chi connectivity index (χ4v) is 4.15. The Kier molecular flexibility index (Phi) is 10.2. The number of furan rings is 1. The van der Waals surface area contributed by atoms with Crippen molar-refractivity contribution >= 4 is 17.6 Å². The summed E-state index contributed by atoms with van der Waals surface area (Å²) in [5.41, 5.74) is 3.85. The molecule has 38 heavy (non-hydrogen) atoms. The normalized spacial score (nSPS) is 11.5. The van der Waals surface area contributed by atoms with Gasteiger partial charge < -0.3 is 29.0 Å². The van der Waals surface area contributed by atoms with Crippen molar-refractivity contribution < 1.29 is 23.5 Å². The predicted octanol–water partition coefficient (Wildman–Crippen LogP) is 5.82. The van der Waals surface area contributed by atoms with Crippen molar-refractivity contribution in [3.05, 3.63) is 77.2 Å². The van der Waals surface area contributed by atoms with Gasteiger partial charge in [0.15, 0.2) is 11.5 Å². The van der Waals surface area contributed by atoms with Crippen LogP contribution in [0.25, 0.3) is 0 Å². The number of aryl methyl sites for hydroxylation is 1. The number of hydrogen-bond donors (Lipinski definition) is 1. The quantitative estimate of drug-likeness (QED) is 0.325. The van der Waals surface area contributed by atoms with Crippen LogP contribution in [-0.2, 0) is 17.8 Å². The second kappa shape index (κ2) is 13.6. The molecule has 0 fully saturated rings. The SMILES string of the molecule is CCC(C)N(CC(=O)N(CCc1ccc(OC)c(OC)c1)Cc1ccco1)C(=O)Nc1cccc(C)c1C. The Balaban J connectivity index is 1.78. The molecule has 3 amide bonds. The standard InChI is InChI=1S/C30H39N3O5/c1-7-22(3)33(30(35)31-26-12-8-10-21(2)23(26)4)20-29(34)32(19-25-11-9-17-38-25)16-15-24-13-14-27(36-5)28(18-24)37-6/h8-14,17-18,22H,7,15-16,19-20H2,1-6H3,(H,31,35). The Labute approximate surface area is 225 Å². The molecule has 0 saturated heterocycles. The third-order valence-electron chi connectivity index (χ3n) is 6.93. The lowest BCUT2D eigenvalue weighted by Crippen LogP contribution is -2.48. The number of carbonyl (C=O) groups excluding carboxylic acids is 2. The average molecular weight is 522 g/mol. The van der Waals surface area contributed by atoms with Crippen LogP contribution in [0.1, 0.15) is 42.7 Å². The van der Waals surface area contributed by atoms with Crippen molar-refractivity contribution in [2.24, 2.45) is 0 Å². The number of hydrogen-bond acceptors (Lipinski definition) is 5. The van der Waals surface area contributed by atoms with E-state index in [1.807, 2.05) is 70.2 Å². The Morgan fingerprint density at radius 3 is 2.45 bits per heavy atom. The number of methoxy groups -OCH3 is 2. The second-order valence-electron chi connectivity index (χ2n) is 9.40. The smallest absolute Gasteiger partial charge is 0.322 e. The number of anilines is 1. The van der Waals surface area contributed by atoms with Crippen LogP contribution in [-0.4, -0.2) is 55.1 Å². The fraction of sp³-hybridized carbons (Fsp3) is 0.400. The maximum atomic E-state index is 13.6. The van der Waals surface area contributed by atoms with Gasteiger partial charge in [0.25, 0.3) is 0 Å². The summed E-state index contributed by atoms with van der Waals surface area (Å²) in [4.78, 5) is 30.3. The van der Waals surface area contributed by atoms with E-state index in [4.69, 9.17) is 13.9 Å². The molecular weight excluding hydrogens is 482 g/mol. The minimum Gasteiger partial charge on any atom is -0.493 e. The van der Waals surface area contributed by atoms with Crippen LogP contribution in [0.4, 0.5) is 10.5 Å². The van der Waals surface area contributed by atoms with Crippen LogP contribution >= 0.6 is 0 Å². The zero-order chi connectivity index (χ0) is 27.7. The van der Waals surface area contributed by atoms with Gasteiger partial charge in [-0.15, -0.1) is 0 Å². The minimum absolute atomic E-state index is 0.0433. The third kappa shape index (κ3) is 7.31. The Hall–Kier alpha value is -3.94. The molecule has 0 bridgehead atoms. The molecule has 204 valence electrons. The van der Waals surface area contributed by atoms with Gasteiger partial charge in [-0.1, -0.05) is 25.1 Å². The van der Waals surface area contributed by atoms with Gasteiger partial charge in [0.1, 0.15) is 12.3 Å². The van der Waals surface area contributed by atoms with E-state index < -0.39 is 0 Å². The van der Waals surface area contributed by atoms with Crippen LogP contribution < -0.4 is 14.8 Å². The van der Waals surface area contributed by atoms with E-state index >= 15 is 0 Å². The Morgan fingerprint density at radius 1 is 1.03 bits per heavy atom. The molecule has 0 saturated carbocycles. The summed E-state index contributed by atoms with van der Waals surface area (Å²) in [5.74, 6) is 1.82. The average Bonchev–Trinajstić information content (AvgIpc) is 3.44. The Bertz CT molecular complexity index is 1210. The molecule has 1 unspecified atom stereocenters. The van der Waals surface area contributed by atoms with E-state index in [0.29, 0.717) is 36.8 Å². The van der Waals surface area contributed by atoms with Gasteiger partial charge in [-0.2, -0.15) is 0 Å². The van der Waals surface area contributed by atoms with E-state index in [1.165, 1.54) is 0 Å². The van der Waals surface area contributed by atoms with Gasteiger partial charge in [-0.25, -0.2) is 4.79 Å². The van der Waals surface area contributed by atoms with Gasteiger partial charge >= 0.3 is 6.03 Å². The highest BCUT2D eigenvalue weighted by Crippen LogP contribution is 2.28. The van der Waals surface area contributed by atoms with Crippen molar-refractivity contribution in [3.8, 4) is 11.5 Å². The summed E-state index contributed by atoms with van der Waals surface area (Å²) >= 11 is 0. The number of urea groups is 1. The van der Waals surface area contributed by atoms with Crippen molar-refractivity contribution in [1.29, 1.82) is 0 Å². The number of ether oxygens (including phenoxy) is 2. The van der Waals surface area contributed by atoms with Crippen LogP contribution in [0.3, 0.4) is 0 Å². The topological polar surface area (TPSA) is 84.2 Å². The van der Waals surface area contributed by atoms with Gasteiger partial charge in [0, 0.05) is 18.3 Å². The lowest BCUT2D eigenvalue weighted by Gasteiger charge is -2.31. The highest BCUT2D eigenvalue weighted by molar-refractivity contribution is 5.93. The molecule has 2 aromatic carbocycles. The third-order valence-corrected chi connectivity index (χ3v) is 6.93. The Morgan fingerprint density at radius 2 is 1.79 bits per heavy atom. The number of nitrogens with zero attached hydrogens (tertiary/aromatic N) is 2. The molecule has 0 spiro atoms. The predicted molar refractivity (Wildman–Crippen MR) is 149 cm³/mol. The fourth-order valence-electron chi connectivity index (χ4n) is 4.15. The molecule has 1 heterocycles. The molecule has 0 radical (unpaired) electrons. The molecular formula is C30H39N3O5. The number of amides is 3. The summed E-state index contributed by atoms with van der Waals surface area (Å²) in [7, 11) is 3.20. The molecule has 3 rings (SSSR count). The molecule has 0 aliphatic rings. The van der Waals surface area contributed by atoms with Crippen LogP contribution in [0, 0.1) is 13.8 Å². The highest BCUT2D eigenvalue weighted by atomic mass is 16.5. The van der Waals surface area contributed by atoms with Gasteiger partial charge in [-0.3, -0.25) is 4.79 Å². The number of benzene rings is 2. The summed E-state index contributed by atoms with van der Waals surface area (Å²) in [5, 5.41) is 3.01. The number of rotatable bonds is 12. The number of carbonyl (C=O) groups is 2. The second-order valence-corrected chi connectivity index (χ2v) is 9.40. The molecule has 0 aliphatic carbocycles. The number of nitrogens with one attached hydrogen (secondary N) is 1. The van der Waals surface area contributed by atoms with E-state index in [-0.39, 0.29) is 24.5 Å².